The lowest BCUT2D eigenvalue weighted by atomic mass is 10.1. The molecule has 1 heterocycles. The van der Waals surface area contributed by atoms with Crippen molar-refractivity contribution < 1.29 is 14.3 Å². The lowest BCUT2D eigenvalue weighted by Gasteiger charge is -2.16. The third-order valence-electron chi connectivity index (χ3n) is 2.91. The van der Waals surface area contributed by atoms with Gasteiger partial charge in [0.2, 0.25) is 0 Å². The molecule has 1 aromatic rings. The Morgan fingerprint density at radius 3 is 2.78 bits per heavy atom. The quantitative estimate of drug-likeness (QED) is 0.603. The van der Waals surface area contributed by atoms with Gasteiger partial charge in [-0.1, -0.05) is 0 Å². The molecule has 1 aliphatic rings. The lowest BCUT2D eigenvalue weighted by Crippen LogP contribution is -2.30. The third kappa shape index (κ3) is 2.22. The summed E-state index contributed by atoms with van der Waals surface area (Å²) in [5.41, 5.74) is 1.15. The van der Waals surface area contributed by atoms with Crippen molar-refractivity contribution >= 4 is 29.1 Å². The van der Waals surface area contributed by atoms with Gasteiger partial charge in [0.1, 0.15) is 5.75 Å². The molecule has 0 N–H and O–H groups in total. The van der Waals surface area contributed by atoms with E-state index in [1.54, 1.807) is 42.0 Å². The van der Waals surface area contributed by atoms with Crippen LogP contribution in [0.1, 0.15) is 16.8 Å². The summed E-state index contributed by atoms with van der Waals surface area (Å²) < 4.78 is 5.13. The van der Waals surface area contributed by atoms with Crippen molar-refractivity contribution in [3.63, 3.8) is 0 Å². The summed E-state index contributed by atoms with van der Waals surface area (Å²) in [6, 6.07) is 5.11. The van der Waals surface area contributed by atoms with Crippen LogP contribution in [0, 0.1) is 0 Å². The first-order chi connectivity index (χ1) is 8.69. The van der Waals surface area contributed by atoms with Gasteiger partial charge in [0, 0.05) is 12.6 Å². The predicted octanol–water partition coefficient (Wildman–Crippen LogP) is 1.98. The van der Waals surface area contributed by atoms with Crippen molar-refractivity contribution in [1.82, 2.24) is 0 Å². The number of benzene rings is 1. The summed E-state index contributed by atoms with van der Waals surface area (Å²) in [5, 5.41) is 0. The molecule has 0 unspecified atom stereocenters. The van der Waals surface area contributed by atoms with Crippen LogP contribution in [-0.4, -0.2) is 37.4 Å². The largest absolute Gasteiger partial charge is 0.497 e. The van der Waals surface area contributed by atoms with Crippen LogP contribution in [0.15, 0.2) is 18.2 Å². The topological polar surface area (TPSA) is 46.6 Å². The van der Waals surface area contributed by atoms with Gasteiger partial charge in [0.05, 0.1) is 18.4 Å². The third-order valence-corrected chi connectivity index (χ3v) is 3.61. The van der Waals surface area contributed by atoms with E-state index in [2.05, 4.69) is 0 Å². The van der Waals surface area contributed by atoms with Crippen LogP contribution in [0.25, 0.3) is 0 Å². The number of nitrogens with zero attached hydrogens (tertiary/aromatic N) is 1. The molecule has 0 aromatic heterocycles. The standard InChI is InChI=1S/C13H15NO3S/c1-17-9-4-5-10-11(8-9)14(6-3-7-18-2)13(16)12(10)15/h4-5,8H,3,6-7H2,1-2H3. The molecule has 0 saturated carbocycles. The Kier molecular flexibility index (Phi) is 3.91. The molecular weight excluding hydrogens is 250 g/mol. The number of fused-ring (bicyclic) bond motifs is 1. The van der Waals surface area contributed by atoms with Crippen LogP contribution in [0.3, 0.4) is 0 Å². The van der Waals surface area contributed by atoms with E-state index in [0.717, 1.165) is 12.2 Å². The number of hydrogen-bond donors (Lipinski definition) is 0. The van der Waals surface area contributed by atoms with Crippen LogP contribution < -0.4 is 9.64 Å². The number of methoxy groups -OCH3 is 1. The second-order valence-corrected chi connectivity index (χ2v) is 5.00. The number of amides is 1. The molecule has 0 atom stereocenters. The van der Waals surface area contributed by atoms with Crippen molar-refractivity contribution in [3.8, 4) is 5.75 Å². The molecule has 1 amide bonds. The summed E-state index contributed by atoms with van der Waals surface area (Å²) in [5.74, 6) is 0.777. The molecule has 18 heavy (non-hydrogen) atoms. The summed E-state index contributed by atoms with van der Waals surface area (Å²) >= 11 is 1.73. The zero-order valence-electron chi connectivity index (χ0n) is 10.4. The molecule has 0 fully saturated rings. The van der Waals surface area contributed by atoms with Gasteiger partial charge < -0.3 is 9.64 Å². The summed E-state index contributed by atoms with van der Waals surface area (Å²) in [4.78, 5) is 25.2. The van der Waals surface area contributed by atoms with E-state index in [1.165, 1.54) is 0 Å². The zero-order valence-corrected chi connectivity index (χ0v) is 11.3. The number of Topliss-reactive ketones (excluding diaryl/α,β-unsaturated/α-hetero) is 1. The molecule has 1 aromatic carbocycles. The van der Waals surface area contributed by atoms with Gasteiger partial charge >= 0.3 is 0 Å². The first kappa shape index (κ1) is 13.0. The SMILES string of the molecule is COc1ccc2c(c1)N(CCCSC)C(=O)C2=O. The maximum absolute atomic E-state index is 11.9. The fourth-order valence-corrected chi connectivity index (χ4v) is 2.41. The molecule has 4 nitrogen and oxygen atoms in total. The molecule has 1 aliphatic heterocycles. The Balaban J connectivity index is 2.27. The van der Waals surface area contributed by atoms with E-state index in [4.69, 9.17) is 4.74 Å². The Hall–Kier alpha value is -1.49. The Morgan fingerprint density at radius 1 is 1.33 bits per heavy atom. The Labute approximate surface area is 110 Å². The minimum atomic E-state index is -0.431. The minimum Gasteiger partial charge on any atom is -0.497 e. The zero-order chi connectivity index (χ0) is 13.1. The van der Waals surface area contributed by atoms with Gasteiger partial charge in [-0.05, 0) is 30.6 Å². The number of ether oxygens (including phenoxy) is 1. The molecule has 0 spiro atoms. The predicted molar refractivity (Wildman–Crippen MR) is 72.7 cm³/mol. The van der Waals surface area contributed by atoms with Gasteiger partial charge in [-0.3, -0.25) is 9.59 Å². The van der Waals surface area contributed by atoms with E-state index in [1.807, 2.05) is 6.26 Å². The van der Waals surface area contributed by atoms with Crippen LogP contribution >= 0.6 is 11.8 Å². The van der Waals surface area contributed by atoms with Gasteiger partial charge in [-0.15, -0.1) is 0 Å². The van der Waals surface area contributed by atoms with Crippen molar-refractivity contribution in [1.29, 1.82) is 0 Å². The van der Waals surface area contributed by atoms with Crippen molar-refractivity contribution in [2.24, 2.45) is 0 Å². The average Bonchev–Trinajstić information content (AvgIpc) is 2.63. The number of ketones is 1. The Morgan fingerprint density at radius 2 is 2.11 bits per heavy atom. The summed E-state index contributed by atoms with van der Waals surface area (Å²) in [6.45, 7) is 0.575. The molecule has 0 aliphatic carbocycles. The highest BCUT2D eigenvalue weighted by atomic mass is 32.2. The van der Waals surface area contributed by atoms with Crippen LogP contribution in [0.5, 0.6) is 5.75 Å². The van der Waals surface area contributed by atoms with Gasteiger partial charge in [-0.2, -0.15) is 11.8 Å². The van der Waals surface area contributed by atoms with Gasteiger partial charge in [-0.25, -0.2) is 0 Å². The number of carbonyl (C=O) groups excluding carboxylic acids is 2. The second kappa shape index (κ2) is 5.44. The van der Waals surface area contributed by atoms with E-state index in [9.17, 15) is 9.59 Å². The number of anilines is 1. The first-order valence-corrected chi connectivity index (χ1v) is 7.11. The molecular formula is C13H15NO3S. The van der Waals surface area contributed by atoms with Crippen molar-refractivity contribution in [2.45, 2.75) is 6.42 Å². The van der Waals surface area contributed by atoms with E-state index in [0.29, 0.717) is 23.5 Å². The van der Waals surface area contributed by atoms with Crippen molar-refractivity contribution in [3.05, 3.63) is 23.8 Å². The molecule has 2 rings (SSSR count). The highest BCUT2D eigenvalue weighted by Gasteiger charge is 2.35. The van der Waals surface area contributed by atoms with E-state index < -0.39 is 11.7 Å². The van der Waals surface area contributed by atoms with Gasteiger partial charge in [0.25, 0.3) is 11.7 Å². The fraction of sp³-hybridized carbons (Fsp3) is 0.385. The summed E-state index contributed by atoms with van der Waals surface area (Å²) in [6.07, 6.45) is 2.89. The monoisotopic (exact) mass is 265 g/mol. The maximum Gasteiger partial charge on any atom is 0.299 e. The first-order valence-electron chi connectivity index (χ1n) is 5.72. The average molecular weight is 265 g/mol. The number of rotatable bonds is 5. The second-order valence-electron chi connectivity index (χ2n) is 4.02. The Bertz CT molecular complexity index is 487. The molecule has 5 heteroatoms. The fourth-order valence-electron chi connectivity index (χ4n) is 1.99. The normalized spacial score (nSPS) is 14.0. The molecule has 96 valence electrons. The van der Waals surface area contributed by atoms with Crippen LogP contribution in [0.4, 0.5) is 5.69 Å². The number of thioether (sulfide) groups is 1. The highest BCUT2D eigenvalue weighted by molar-refractivity contribution is 7.98. The minimum absolute atomic E-state index is 0.420. The lowest BCUT2D eigenvalue weighted by molar-refractivity contribution is -0.114. The molecule has 0 bridgehead atoms. The van der Waals surface area contributed by atoms with Crippen molar-refractivity contribution in [2.75, 3.05) is 30.6 Å². The van der Waals surface area contributed by atoms with E-state index >= 15 is 0 Å². The van der Waals surface area contributed by atoms with Crippen LogP contribution in [0.2, 0.25) is 0 Å². The number of hydrogen-bond acceptors (Lipinski definition) is 4. The van der Waals surface area contributed by atoms with Crippen LogP contribution in [-0.2, 0) is 4.79 Å². The maximum atomic E-state index is 11.9. The summed E-state index contributed by atoms with van der Waals surface area (Å²) in [7, 11) is 1.57. The highest BCUT2D eigenvalue weighted by Crippen LogP contribution is 2.32. The molecule has 0 saturated heterocycles. The molecule has 0 radical (unpaired) electrons. The smallest absolute Gasteiger partial charge is 0.299 e. The number of carbonyl (C=O) groups is 2. The van der Waals surface area contributed by atoms with E-state index in [-0.39, 0.29) is 0 Å². The van der Waals surface area contributed by atoms with Gasteiger partial charge in [0.15, 0.2) is 0 Å².